The van der Waals surface area contributed by atoms with Crippen LogP contribution in [0.25, 0.3) is 11.0 Å². The summed E-state index contributed by atoms with van der Waals surface area (Å²) in [6.45, 7) is 0. The van der Waals surface area contributed by atoms with E-state index in [2.05, 4.69) is 4.74 Å². The monoisotopic (exact) mass is 422 g/mol. The smallest absolute Gasteiger partial charge is 0.350 e. The normalized spacial score (nSPS) is 23.3. The van der Waals surface area contributed by atoms with Crippen LogP contribution >= 0.6 is 0 Å². The van der Waals surface area contributed by atoms with E-state index in [1.807, 2.05) is 0 Å². The number of methoxy groups -OCH3 is 4. The molecule has 30 heavy (non-hydrogen) atoms. The number of phenols is 1. The predicted octanol–water partition coefficient (Wildman–Crippen LogP) is -0.280. The molecule has 11 nitrogen and oxygen atoms in total. The number of esters is 1. The van der Waals surface area contributed by atoms with E-state index in [0.29, 0.717) is 6.08 Å². The van der Waals surface area contributed by atoms with E-state index in [-0.39, 0.29) is 11.1 Å². The topological polar surface area (TPSA) is 162 Å². The van der Waals surface area contributed by atoms with Gasteiger partial charge in [-0.1, -0.05) is 0 Å². The molecule has 0 radical (unpaired) electrons. The number of hydrogen-bond donors (Lipinski definition) is 3. The van der Waals surface area contributed by atoms with E-state index in [1.165, 1.54) is 13.2 Å². The lowest BCUT2D eigenvalue weighted by atomic mass is 9.81. The van der Waals surface area contributed by atoms with Gasteiger partial charge in [-0.05, 0) is 6.07 Å². The highest BCUT2D eigenvalue weighted by atomic mass is 16.6. The summed E-state index contributed by atoms with van der Waals surface area (Å²) in [5, 5.41) is 32.4. The van der Waals surface area contributed by atoms with Gasteiger partial charge in [0.2, 0.25) is 22.6 Å². The zero-order chi connectivity index (χ0) is 22.4. The number of aromatic hydroxyl groups is 1. The molecule has 0 amide bonds. The summed E-state index contributed by atoms with van der Waals surface area (Å²) in [5.41, 5.74) is -7.67. The number of phenolic OH excluding ortho intramolecular Hbond substituents is 1. The summed E-state index contributed by atoms with van der Waals surface area (Å²) in [7, 11) is 4.31. The standard InChI is InChI=1S/C19H18O11/c1-26-8-5-9-13(22)15(28-3)16(30-14(9)10(20)6-8)18(24)11(21)7-12(27-2)19(18,25)17(23)29-4/h5-7,20,24-25H,1-4H3. The molecule has 2 atom stereocenters. The van der Waals surface area contributed by atoms with Gasteiger partial charge in [0.25, 0.3) is 5.60 Å². The molecule has 1 aliphatic carbocycles. The maximum absolute atomic E-state index is 13.0. The van der Waals surface area contributed by atoms with Crippen molar-refractivity contribution in [3.63, 3.8) is 0 Å². The molecule has 2 unspecified atom stereocenters. The Labute approximate surface area is 168 Å². The largest absolute Gasteiger partial charge is 0.504 e. The van der Waals surface area contributed by atoms with E-state index in [0.717, 1.165) is 27.4 Å². The molecule has 160 valence electrons. The minimum absolute atomic E-state index is 0.118. The van der Waals surface area contributed by atoms with Gasteiger partial charge in [0.1, 0.15) is 11.5 Å². The molecule has 1 heterocycles. The summed E-state index contributed by atoms with van der Waals surface area (Å²) in [6.07, 6.45) is 0.661. The third kappa shape index (κ3) is 2.49. The lowest BCUT2D eigenvalue weighted by Gasteiger charge is -2.34. The molecule has 0 bridgehead atoms. The molecule has 0 spiro atoms. The fourth-order valence-electron chi connectivity index (χ4n) is 3.34. The Morgan fingerprint density at radius 2 is 1.70 bits per heavy atom. The van der Waals surface area contributed by atoms with Crippen LogP contribution in [0, 0.1) is 0 Å². The number of hydrogen-bond acceptors (Lipinski definition) is 11. The summed E-state index contributed by atoms with van der Waals surface area (Å²) in [6, 6.07) is 2.35. The van der Waals surface area contributed by atoms with Crippen molar-refractivity contribution in [1.82, 2.24) is 0 Å². The predicted molar refractivity (Wildman–Crippen MR) is 98.2 cm³/mol. The number of ketones is 1. The lowest BCUT2D eigenvalue weighted by molar-refractivity contribution is -0.196. The average molecular weight is 422 g/mol. The molecule has 0 fully saturated rings. The number of rotatable bonds is 5. The molecule has 3 rings (SSSR count). The molecular formula is C19H18O11. The highest BCUT2D eigenvalue weighted by Crippen LogP contribution is 2.48. The van der Waals surface area contributed by atoms with Crippen LogP contribution in [-0.2, 0) is 24.7 Å². The quantitative estimate of drug-likeness (QED) is 0.543. The molecule has 1 aromatic carbocycles. The van der Waals surface area contributed by atoms with Gasteiger partial charge in [-0.3, -0.25) is 9.59 Å². The number of benzene rings is 1. The van der Waals surface area contributed by atoms with Crippen molar-refractivity contribution >= 4 is 22.7 Å². The number of carbonyl (C=O) groups excluding carboxylic acids is 2. The van der Waals surface area contributed by atoms with E-state index < -0.39 is 57.0 Å². The second kappa shape index (κ2) is 7.04. The van der Waals surface area contributed by atoms with Crippen LogP contribution in [0.4, 0.5) is 0 Å². The van der Waals surface area contributed by atoms with Crippen molar-refractivity contribution in [2.45, 2.75) is 11.2 Å². The van der Waals surface area contributed by atoms with Crippen molar-refractivity contribution in [2.24, 2.45) is 0 Å². The van der Waals surface area contributed by atoms with Gasteiger partial charge in [0.05, 0.1) is 33.8 Å². The van der Waals surface area contributed by atoms with Crippen LogP contribution in [0.3, 0.4) is 0 Å². The first-order chi connectivity index (χ1) is 14.1. The molecule has 0 saturated carbocycles. The van der Waals surface area contributed by atoms with Gasteiger partial charge in [0.15, 0.2) is 17.1 Å². The highest BCUT2D eigenvalue weighted by Gasteiger charge is 2.71. The van der Waals surface area contributed by atoms with Crippen molar-refractivity contribution in [3.05, 3.63) is 40.0 Å². The van der Waals surface area contributed by atoms with Gasteiger partial charge in [-0.2, -0.15) is 0 Å². The van der Waals surface area contributed by atoms with Gasteiger partial charge < -0.3 is 38.7 Å². The van der Waals surface area contributed by atoms with Crippen molar-refractivity contribution in [2.75, 3.05) is 28.4 Å². The average Bonchev–Trinajstić information content (AvgIpc) is 2.95. The Balaban J connectivity index is 2.45. The number of fused-ring (bicyclic) bond motifs is 1. The molecule has 1 aromatic heterocycles. The first kappa shape index (κ1) is 21.1. The molecule has 2 aromatic rings. The molecule has 1 aliphatic rings. The Hall–Kier alpha value is -3.57. The Kier molecular flexibility index (Phi) is 4.96. The first-order valence-electron chi connectivity index (χ1n) is 8.37. The van der Waals surface area contributed by atoms with E-state index in [9.17, 15) is 29.7 Å². The van der Waals surface area contributed by atoms with Crippen LogP contribution < -0.4 is 14.9 Å². The Morgan fingerprint density at radius 1 is 1.03 bits per heavy atom. The second-order valence-electron chi connectivity index (χ2n) is 6.31. The summed E-state index contributed by atoms with van der Waals surface area (Å²) < 4.78 is 24.9. The van der Waals surface area contributed by atoms with E-state index in [1.54, 1.807) is 0 Å². The highest BCUT2D eigenvalue weighted by molar-refractivity contribution is 6.09. The third-order valence-corrected chi connectivity index (χ3v) is 4.87. The molecule has 0 aliphatic heterocycles. The SMILES string of the molecule is COC(=O)C1(O)C(OC)=CC(=O)C1(O)c1oc2c(O)cc(OC)cc2c(=O)c1OC. The number of carbonyl (C=O) groups is 2. The Morgan fingerprint density at radius 3 is 2.23 bits per heavy atom. The van der Waals surface area contributed by atoms with Crippen LogP contribution in [0.2, 0.25) is 0 Å². The minimum Gasteiger partial charge on any atom is -0.504 e. The van der Waals surface area contributed by atoms with Crippen LogP contribution in [0.1, 0.15) is 5.76 Å². The number of aliphatic hydroxyl groups is 2. The Bertz CT molecular complexity index is 1150. The summed E-state index contributed by atoms with van der Waals surface area (Å²) >= 11 is 0. The fourth-order valence-corrected chi connectivity index (χ4v) is 3.34. The zero-order valence-electron chi connectivity index (χ0n) is 16.3. The molecule has 11 heteroatoms. The number of ether oxygens (including phenoxy) is 4. The zero-order valence-corrected chi connectivity index (χ0v) is 16.3. The fraction of sp³-hybridized carbons (Fsp3) is 0.316. The first-order valence-corrected chi connectivity index (χ1v) is 8.37. The molecule has 3 N–H and O–H groups in total. The van der Waals surface area contributed by atoms with Gasteiger partial charge in [-0.25, -0.2) is 4.79 Å². The minimum atomic E-state index is -3.20. The van der Waals surface area contributed by atoms with Crippen molar-refractivity contribution in [3.8, 4) is 17.2 Å². The van der Waals surface area contributed by atoms with Gasteiger partial charge in [-0.15, -0.1) is 0 Å². The van der Waals surface area contributed by atoms with Crippen LogP contribution in [-0.4, -0.2) is 61.1 Å². The van der Waals surface area contributed by atoms with E-state index >= 15 is 0 Å². The summed E-state index contributed by atoms with van der Waals surface area (Å²) in [5.74, 6) is -5.43. The maximum Gasteiger partial charge on any atom is 0.350 e. The molecular weight excluding hydrogens is 404 g/mol. The summed E-state index contributed by atoms with van der Waals surface area (Å²) in [4.78, 5) is 38.1. The van der Waals surface area contributed by atoms with Crippen LogP contribution in [0.15, 0.2) is 33.2 Å². The van der Waals surface area contributed by atoms with Crippen molar-refractivity contribution in [1.29, 1.82) is 0 Å². The third-order valence-electron chi connectivity index (χ3n) is 4.87. The van der Waals surface area contributed by atoms with E-state index in [4.69, 9.17) is 18.6 Å². The lowest BCUT2D eigenvalue weighted by Crippen LogP contribution is -2.59. The second-order valence-corrected chi connectivity index (χ2v) is 6.31. The van der Waals surface area contributed by atoms with Crippen LogP contribution in [0.5, 0.6) is 17.2 Å². The van der Waals surface area contributed by atoms with Crippen molar-refractivity contribution < 1.29 is 48.3 Å². The van der Waals surface area contributed by atoms with Gasteiger partial charge >= 0.3 is 5.97 Å². The maximum atomic E-state index is 13.0. The van der Waals surface area contributed by atoms with Gasteiger partial charge in [0, 0.05) is 12.1 Å². The molecule has 0 saturated heterocycles.